The molecule has 154 valence electrons. The summed E-state index contributed by atoms with van der Waals surface area (Å²) in [5.74, 6) is -14.1. The van der Waals surface area contributed by atoms with Crippen LogP contribution in [0.5, 0.6) is 0 Å². The highest BCUT2D eigenvalue weighted by Gasteiger charge is 2.89. The van der Waals surface area contributed by atoms with Gasteiger partial charge in [0.1, 0.15) is 0 Å². The molecule has 0 saturated heterocycles. The lowest BCUT2D eigenvalue weighted by molar-refractivity contribution is -0.427. The molecule has 0 atom stereocenters. The van der Waals surface area contributed by atoms with Crippen molar-refractivity contribution in [2.45, 2.75) is 56.1 Å². The summed E-state index contributed by atoms with van der Waals surface area (Å²) in [6.45, 7) is 3.73. The normalized spacial score (nSPS) is 14.3. The zero-order chi connectivity index (χ0) is 21.2. The van der Waals surface area contributed by atoms with Crippen LogP contribution in [0, 0.1) is 0 Å². The van der Waals surface area contributed by atoms with E-state index in [0.29, 0.717) is 0 Å². The quantitative estimate of drug-likeness (QED) is 0.233. The Morgan fingerprint density at radius 2 is 1.27 bits per heavy atom. The molecule has 0 amide bonds. The van der Waals surface area contributed by atoms with Gasteiger partial charge in [0.05, 0.1) is 6.61 Å². The topological polar surface area (TPSA) is 26.3 Å². The van der Waals surface area contributed by atoms with Gasteiger partial charge in [0.15, 0.2) is 0 Å². The van der Waals surface area contributed by atoms with E-state index in [0.717, 1.165) is 0 Å². The molecule has 0 aliphatic rings. The van der Waals surface area contributed by atoms with Crippen LogP contribution in [-0.4, -0.2) is 42.4 Å². The number of hydrogen-bond acceptors (Lipinski definition) is 2. The number of carbonyl (C=O) groups is 1. The summed E-state index contributed by atoms with van der Waals surface area (Å²) in [6.07, 6.45) is -18.5. The summed E-state index contributed by atoms with van der Waals surface area (Å²) in [5.41, 5.74) is -7.54. The first-order chi connectivity index (χ1) is 11.3. The van der Waals surface area contributed by atoms with E-state index in [-0.39, 0.29) is 5.57 Å². The Kier molecular flexibility index (Phi) is 7.13. The van der Waals surface area contributed by atoms with Gasteiger partial charge in [-0.3, -0.25) is 0 Å². The van der Waals surface area contributed by atoms with Gasteiger partial charge in [-0.05, 0) is 19.8 Å². The van der Waals surface area contributed by atoms with Crippen molar-refractivity contribution >= 4 is 5.97 Å². The van der Waals surface area contributed by atoms with E-state index in [9.17, 15) is 53.1 Å². The van der Waals surface area contributed by atoms with Crippen molar-refractivity contribution in [3.05, 3.63) is 12.2 Å². The predicted octanol–water partition coefficient (Wildman–Crippen LogP) is 5.38. The minimum atomic E-state index is -7.44. The largest absolute Gasteiger partial charge is 0.462 e. The Morgan fingerprint density at radius 3 is 1.62 bits per heavy atom. The molecule has 0 radical (unpaired) electrons. The van der Waals surface area contributed by atoms with E-state index in [1.54, 1.807) is 0 Å². The Morgan fingerprint density at radius 1 is 0.846 bits per heavy atom. The maximum Gasteiger partial charge on any atom is 0.438 e. The standard InChI is InChI=1S/C13H13F11O2/c1-7(2)8(25)26-6-4-3-5-9(14,15)11(17,18)10(16,12(19,20)21)13(22,23)24/h1,3-6H2,2H3. The molecule has 0 aliphatic heterocycles. The van der Waals surface area contributed by atoms with Crippen molar-refractivity contribution in [2.24, 2.45) is 0 Å². The van der Waals surface area contributed by atoms with Gasteiger partial charge < -0.3 is 4.74 Å². The lowest BCUT2D eigenvalue weighted by Gasteiger charge is -2.39. The summed E-state index contributed by atoms with van der Waals surface area (Å²) in [5, 5.41) is 0. The summed E-state index contributed by atoms with van der Waals surface area (Å²) in [7, 11) is 0. The van der Waals surface area contributed by atoms with Crippen LogP contribution < -0.4 is 0 Å². The highest BCUT2D eigenvalue weighted by atomic mass is 19.4. The minimum absolute atomic E-state index is 0.0977. The molecule has 0 saturated carbocycles. The van der Waals surface area contributed by atoms with Crippen LogP contribution in [0.2, 0.25) is 0 Å². The molecule has 0 aromatic carbocycles. The molecule has 0 N–H and O–H groups in total. The van der Waals surface area contributed by atoms with Crippen molar-refractivity contribution in [1.29, 1.82) is 0 Å². The predicted molar refractivity (Wildman–Crippen MR) is 65.5 cm³/mol. The maximum absolute atomic E-state index is 13.4. The van der Waals surface area contributed by atoms with E-state index in [4.69, 9.17) is 0 Å². The van der Waals surface area contributed by atoms with Crippen LogP contribution in [0.4, 0.5) is 48.3 Å². The van der Waals surface area contributed by atoms with E-state index >= 15 is 0 Å². The average molecular weight is 410 g/mol. The number of unbranched alkanes of at least 4 members (excludes halogenated alkanes) is 1. The average Bonchev–Trinajstić information content (AvgIpc) is 2.42. The molecule has 2 nitrogen and oxygen atoms in total. The summed E-state index contributed by atoms with van der Waals surface area (Å²) < 4.78 is 145. The van der Waals surface area contributed by atoms with Crippen molar-refractivity contribution < 1.29 is 57.8 Å². The number of ether oxygens (including phenoxy) is 1. The van der Waals surface area contributed by atoms with Gasteiger partial charge in [0.2, 0.25) is 0 Å². The Balaban J connectivity index is 5.24. The Hall–Kier alpha value is -1.56. The van der Waals surface area contributed by atoms with Crippen molar-refractivity contribution in [1.82, 2.24) is 0 Å². The van der Waals surface area contributed by atoms with Crippen LogP contribution >= 0.6 is 0 Å². The maximum atomic E-state index is 13.4. The second-order valence-electron chi connectivity index (χ2n) is 5.31. The van der Waals surface area contributed by atoms with Gasteiger partial charge in [-0.15, -0.1) is 0 Å². The van der Waals surface area contributed by atoms with Crippen LogP contribution in [0.3, 0.4) is 0 Å². The highest BCUT2D eigenvalue weighted by molar-refractivity contribution is 5.86. The van der Waals surface area contributed by atoms with Gasteiger partial charge in [-0.1, -0.05) is 6.58 Å². The molecule has 0 aliphatic carbocycles. The number of hydrogen-bond donors (Lipinski definition) is 0. The Labute approximate surface area is 140 Å². The summed E-state index contributed by atoms with van der Waals surface area (Å²) in [6, 6.07) is 0. The summed E-state index contributed by atoms with van der Waals surface area (Å²) >= 11 is 0. The van der Waals surface area contributed by atoms with E-state index in [2.05, 4.69) is 11.3 Å². The lowest BCUT2D eigenvalue weighted by Crippen LogP contribution is -2.70. The van der Waals surface area contributed by atoms with Crippen molar-refractivity contribution in [3.8, 4) is 0 Å². The molecular weight excluding hydrogens is 397 g/mol. The number of alkyl halides is 11. The zero-order valence-electron chi connectivity index (χ0n) is 13.0. The molecule has 0 aromatic heterocycles. The van der Waals surface area contributed by atoms with Crippen LogP contribution in [0.25, 0.3) is 0 Å². The third-order valence-corrected chi connectivity index (χ3v) is 3.14. The molecule has 0 unspecified atom stereocenters. The highest BCUT2D eigenvalue weighted by Crippen LogP contribution is 2.59. The number of halogens is 11. The second kappa shape index (κ2) is 7.59. The van der Waals surface area contributed by atoms with Gasteiger partial charge in [0.25, 0.3) is 0 Å². The van der Waals surface area contributed by atoms with Crippen LogP contribution in [0.1, 0.15) is 26.2 Å². The molecule has 0 heterocycles. The number of rotatable bonds is 8. The molecule has 0 bridgehead atoms. The van der Waals surface area contributed by atoms with Crippen LogP contribution in [0.15, 0.2) is 12.2 Å². The number of carbonyl (C=O) groups excluding carboxylic acids is 1. The number of esters is 1. The van der Waals surface area contributed by atoms with Crippen molar-refractivity contribution in [2.75, 3.05) is 6.61 Å². The van der Waals surface area contributed by atoms with E-state index in [1.165, 1.54) is 6.92 Å². The molecular formula is C13H13F11O2. The Bertz CT molecular complexity index is 505. The molecule has 0 spiro atoms. The van der Waals surface area contributed by atoms with E-state index in [1.807, 2.05) is 0 Å². The smallest absolute Gasteiger partial charge is 0.438 e. The first kappa shape index (κ1) is 24.4. The summed E-state index contributed by atoms with van der Waals surface area (Å²) in [4.78, 5) is 10.9. The van der Waals surface area contributed by atoms with Crippen molar-refractivity contribution in [3.63, 3.8) is 0 Å². The first-order valence-electron chi connectivity index (χ1n) is 6.73. The zero-order valence-corrected chi connectivity index (χ0v) is 13.0. The molecule has 0 fully saturated rings. The third kappa shape index (κ3) is 4.58. The fraction of sp³-hybridized carbons (Fsp3) is 0.769. The fourth-order valence-corrected chi connectivity index (χ4v) is 1.66. The minimum Gasteiger partial charge on any atom is -0.462 e. The van der Waals surface area contributed by atoms with Gasteiger partial charge in [-0.25, -0.2) is 9.18 Å². The van der Waals surface area contributed by atoms with Crippen LogP contribution in [-0.2, 0) is 9.53 Å². The van der Waals surface area contributed by atoms with Gasteiger partial charge in [0, 0.05) is 12.0 Å². The monoisotopic (exact) mass is 410 g/mol. The second-order valence-corrected chi connectivity index (χ2v) is 5.31. The molecule has 13 heteroatoms. The first-order valence-corrected chi connectivity index (χ1v) is 6.73. The third-order valence-electron chi connectivity index (χ3n) is 3.14. The van der Waals surface area contributed by atoms with Gasteiger partial charge in [-0.2, -0.15) is 43.9 Å². The fourth-order valence-electron chi connectivity index (χ4n) is 1.66. The lowest BCUT2D eigenvalue weighted by atomic mass is 9.88. The molecule has 0 aromatic rings. The van der Waals surface area contributed by atoms with E-state index < -0.39 is 61.7 Å². The molecule has 0 rings (SSSR count). The SMILES string of the molecule is C=C(C)C(=O)OCCCCC(F)(F)C(F)(F)C(F)(C(F)(F)F)C(F)(F)F. The van der Waals surface area contributed by atoms with Gasteiger partial charge >= 0.3 is 35.8 Å². The molecule has 26 heavy (non-hydrogen) atoms.